The molecule has 0 bridgehead atoms. The second-order valence-electron chi connectivity index (χ2n) is 4.79. The minimum Gasteiger partial charge on any atom is -0.369 e. The summed E-state index contributed by atoms with van der Waals surface area (Å²) in [5.74, 6) is -0.887. The van der Waals surface area contributed by atoms with E-state index in [9.17, 15) is 13.2 Å². The number of piperidine rings is 1. The van der Waals surface area contributed by atoms with Crippen molar-refractivity contribution in [3.8, 4) is 0 Å². The Morgan fingerprint density at radius 1 is 1.55 bits per heavy atom. The topological polar surface area (TPSA) is 80.5 Å². The Bertz CT molecular complexity index is 612. The van der Waals surface area contributed by atoms with Gasteiger partial charge in [-0.3, -0.25) is 4.79 Å². The molecule has 2 atom stereocenters. The van der Waals surface area contributed by atoms with Crippen LogP contribution in [0.3, 0.4) is 0 Å². The van der Waals surface area contributed by atoms with Crippen molar-refractivity contribution in [1.82, 2.24) is 4.31 Å². The number of hydrogen-bond acceptors (Lipinski definition) is 4. The predicted octanol–water partition coefficient (Wildman–Crippen LogP) is 2.44. The van der Waals surface area contributed by atoms with Crippen molar-refractivity contribution in [3.63, 3.8) is 0 Å². The number of primary amides is 1. The third kappa shape index (κ3) is 3.04. The number of hydrogen-bond donors (Lipinski definition) is 1. The third-order valence-electron chi connectivity index (χ3n) is 3.41. The molecule has 5 nitrogen and oxygen atoms in total. The highest BCUT2D eigenvalue weighted by Crippen LogP contribution is 2.37. The first-order chi connectivity index (χ1) is 9.23. The van der Waals surface area contributed by atoms with Gasteiger partial charge in [-0.2, -0.15) is 4.31 Å². The average Bonchev–Trinajstić information content (AvgIpc) is 2.70. The van der Waals surface area contributed by atoms with Crippen LogP contribution in [0.1, 0.15) is 19.8 Å². The second-order valence-corrected chi connectivity index (χ2v) is 9.68. The van der Waals surface area contributed by atoms with E-state index in [1.165, 1.54) is 10.4 Å². The summed E-state index contributed by atoms with van der Waals surface area (Å²) in [4.78, 5) is 11.3. The average molecular weight is 402 g/mol. The van der Waals surface area contributed by atoms with Gasteiger partial charge in [0.2, 0.25) is 5.91 Å². The number of carbonyl (C=O) groups is 1. The second kappa shape index (κ2) is 5.92. The molecular formula is C11H14BrClN2O3S2. The summed E-state index contributed by atoms with van der Waals surface area (Å²) in [6.07, 6.45) is 1.24. The van der Waals surface area contributed by atoms with E-state index in [1.807, 2.05) is 6.92 Å². The van der Waals surface area contributed by atoms with E-state index in [1.54, 1.807) is 0 Å². The van der Waals surface area contributed by atoms with E-state index in [0.717, 1.165) is 11.3 Å². The lowest BCUT2D eigenvalue weighted by molar-refractivity contribution is -0.123. The predicted molar refractivity (Wildman–Crippen MR) is 82.3 cm³/mol. The Morgan fingerprint density at radius 3 is 2.70 bits per heavy atom. The zero-order valence-corrected chi connectivity index (χ0v) is 14.7. The van der Waals surface area contributed by atoms with Crippen molar-refractivity contribution in [2.24, 2.45) is 11.7 Å². The summed E-state index contributed by atoms with van der Waals surface area (Å²) in [6.45, 7) is 1.96. The number of carbonyl (C=O) groups excluding carboxylic acids is 1. The van der Waals surface area contributed by atoms with Gasteiger partial charge >= 0.3 is 0 Å². The Kier molecular flexibility index (Phi) is 4.80. The van der Waals surface area contributed by atoms with Crippen LogP contribution in [0.2, 0.25) is 5.02 Å². The first-order valence-electron chi connectivity index (χ1n) is 5.99. The largest absolute Gasteiger partial charge is 0.369 e. The Hall–Kier alpha value is -0.150. The van der Waals surface area contributed by atoms with E-state index >= 15 is 0 Å². The molecule has 2 heterocycles. The lowest BCUT2D eigenvalue weighted by Crippen LogP contribution is -2.48. The number of rotatable bonds is 3. The first kappa shape index (κ1) is 16.2. The van der Waals surface area contributed by atoms with Gasteiger partial charge in [-0.25, -0.2) is 8.42 Å². The molecule has 1 fully saturated rings. The van der Waals surface area contributed by atoms with Crippen LogP contribution in [0.4, 0.5) is 0 Å². The molecule has 0 spiro atoms. The summed E-state index contributed by atoms with van der Waals surface area (Å²) in [6, 6.07) is 1.27. The van der Waals surface area contributed by atoms with E-state index in [-0.39, 0.29) is 16.8 Å². The van der Waals surface area contributed by atoms with Gasteiger partial charge in [0.05, 0.1) is 14.7 Å². The van der Waals surface area contributed by atoms with Crippen LogP contribution >= 0.6 is 38.9 Å². The van der Waals surface area contributed by atoms with Gasteiger partial charge in [-0.1, -0.05) is 11.6 Å². The molecule has 1 aromatic rings. The molecule has 2 rings (SSSR count). The molecule has 112 valence electrons. The Labute approximate surface area is 135 Å². The molecule has 1 saturated heterocycles. The molecule has 1 aliphatic rings. The van der Waals surface area contributed by atoms with E-state index in [0.29, 0.717) is 21.7 Å². The lowest BCUT2D eigenvalue weighted by Gasteiger charge is -2.35. The van der Waals surface area contributed by atoms with Gasteiger partial charge < -0.3 is 5.73 Å². The summed E-state index contributed by atoms with van der Waals surface area (Å²) in [5, 5.41) is 0.365. The zero-order valence-electron chi connectivity index (χ0n) is 10.7. The standard InChI is InChI=1S/C11H14BrClN2O3S2/c1-6-2-3-7(11(14)16)5-15(6)20(17,18)9-4-8(13)10(12)19-9/h4,6-7H,2-3,5H2,1H3,(H2,14,16). The van der Waals surface area contributed by atoms with Gasteiger partial charge in [0.15, 0.2) is 0 Å². The third-order valence-corrected chi connectivity index (χ3v) is 8.32. The molecule has 0 aromatic carbocycles. The van der Waals surface area contributed by atoms with Crippen molar-refractivity contribution in [3.05, 3.63) is 14.9 Å². The summed E-state index contributed by atoms with van der Waals surface area (Å²) < 4.78 is 27.4. The minimum atomic E-state index is -3.65. The number of nitrogens with zero attached hydrogens (tertiary/aromatic N) is 1. The maximum Gasteiger partial charge on any atom is 0.252 e. The number of nitrogens with two attached hydrogens (primary N) is 1. The SMILES string of the molecule is CC1CCC(C(N)=O)CN1S(=O)(=O)c1cc(Cl)c(Br)s1. The van der Waals surface area contributed by atoms with Crippen molar-refractivity contribution >= 4 is 54.8 Å². The van der Waals surface area contributed by atoms with Gasteiger partial charge in [0.1, 0.15) is 4.21 Å². The fourth-order valence-corrected chi connectivity index (χ4v) is 6.45. The molecule has 1 amide bonds. The van der Waals surface area contributed by atoms with Crippen LogP contribution in [-0.4, -0.2) is 31.2 Å². The molecule has 2 unspecified atom stereocenters. The van der Waals surface area contributed by atoms with Gasteiger partial charge in [0.25, 0.3) is 10.0 Å². The quantitative estimate of drug-likeness (QED) is 0.844. The molecule has 0 radical (unpaired) electrons. The molecule has 1 aliphatic heterocycles. The molecule has 9 heteroatoms. The Morgan fingerprint density at radius 2 is 2.20 bits per heavy atom. The van der Waals surface area contributed by atoms with E-state index < -0.39 is 21.8 Å². The first-order valence-corrected chi connectivity index (χ1v) is 9.42. The minimum absolute atomic E-state index is 0.131. The van der Waals surface area contributed by atoms with Crippen LogP contribution in [0.15, 0.2) is 14.1 Å². The van der Waals surface area contributed by atoms with Crippen molar-refractivity contribution in [2.45, 2.75) is 30.0 Å². The normalized spacial score (nSPS) is 24.8. The van der Waals surface area contributed by atoms with Crippen LogP contribution in [-0.2, 0) is 14.8 Å². The number of halogens is 2. The fraction of sp³-hybridized carbons (Fsp3) is 0.545. The molecule has 0 aliphatic carbocycles. The summed E-state index contributed by atoms with van der Waals surface area (Å²) in [7, 11) is -3.65. The fourth-order valence-electron chi connectivity index (χ4n) is 2.21. The van der Waals surface area contributed by atoms with E-state index in [4.69, 9.17) is 17.3 Å². The molecule has 0 saturated carbocycles. The van der Waals surface area contributed by atoms with Gasteiger partial charge in [-0.15, -0.1) is 11.3 Å². The number of amides is 1. The van der Waals surface area contributed by atoms with E-state index in [2.05, 4.69) is 15.9 Å². The van der Waals surface area contributed by atoms with Gasteiger partial charge in [0, 0.05) is 12.6 Å². The number of sulfonamides is 1. The van der Waals surface area contributed by atoms with Crippen LogP contribution in [0, 0.1) is 5.92 Å². The molecular weight excluding hydrogens is 388 g/mol. The maximum atomic E-state index is 12.6. The van der Waals surface area contributed by atoms with Crippen LogP contribution in [0.5, 0.6) is 0 Å². The van der Waals surface area contributed by atoms with Crippen molar-refractivity contribution in [1.29, 1.82) is 0 Å². The van der Waals surface area contributed by atoms with Crippen molar-refractivity contribution in [2.75, 3.05) is 6.54 Å². The highest BCUT2D eigenvalue weighted by Gasteiger charge is 2.37. The molecule has 2 N–H and O–H groups in total. The Balaban J connectivity index is 2.34. The van der Waals surface area contributed by atoms with Gasteiger partial charge in [-0.05, 0) is 41.8 Å². The van der Waals surface area contributed by atoms with Crippen LogP contribution < -0.4 is 5.73 Å². The monoisotopic (exact) mass is 400 g/mol. The molecule has 1 aromatic heterocycles. The number of thiophene rings is 1. The highest BCUT2D eigenvalue weighted by molar-refractivity contribution is 9.11. The zero-order chi connectivity index (χ0) is 15.1. The summed E-state index contributed by atoms with van der Waals surface area (Å²) >= 11 is 10.2. The lowest BCUT2D eigenvalue weighted by atomic mass is 9.95. The smallest absolute Gasteiger partial charge is 0.252 e. The van der Waals surface area contributed by atoms with Crippen LogP contribution in [0.25, 0.3) is 0 Å². The maximum absolute atomic E-state index is 12.6. The molecule has 20 heavy (non-hydrogen) atoms. The van der Waals surface area contributed by atoms with Crippen molar-refractivity contribution < 1.29 is 13.2 Å². The highest BCUT2D eigenvalue weighted by atomic mass is 79.9. The summed E-state index contributed by atoms with van der Waals surface area (Å²) in [5.41, 5.74) is 5.30.